The summed E-state index contributed by atoms with van der Waals surface area (Å²) in [5, 5.41) is 17.3. The van der Waals surface area contributed by atoms with E-state index in [1.54, 1.807) is 4.68 Å². The summed E-state index contributed by atoms with van der Waals surface area (Å²) in [4.78, 5) is 12.5. The highest BCUT2D eigenvalue weighted by atomic mass is 16.5. The lowest BCUT2D eigenvalue weighted by Crippen LogP contribution is -2.74. The summed E-state index contributed by atoms with van der Waals surface area (Å²) >= 11 is 0. The molecule has 1 amide bonds. The molecule has 0 radical (unpaired) electrons. The Morgan fingerprint density at radius 1 is 1.48 bits per heavy atom. The molecule has 2 atom stereocenters. The van der Waals surface area contributed by atoms with Gasteiger partial charge in [-0.2, -0.15) is 5.10 Å². The molecule has 6 nitrogen and oxygen atoms in total. The number of aryl methyl sites for hydroxylation is 2. The van der Waals surface area contributed by atoms with Crippen LogP contribution in [0, 0.1) is 19.3 Å². The lowest BCUT2D eigenvalue weighted by Gasteiger charge is -2.60. The van der Waals surface area contributed by atoms with Crippen LogP contribution in [0.4, 0.5) is 0 Å². The van der Waals surface area contributed by atoms with Gasteiger partial charge in [0.1, 0.15) is 0 Å². The van der Waals surface area contributed by atoms with E-state index in [0.717, 1.165) is 17.0 Å². The monoisotopic (exact) mass is 323 g/mol. The first-order valence-corrected chi connectivity index (χ1v) is 8.21. The zero-order valence-corrected chi connectivity index (χ0v) is 15.1. The number of aliphatic hydroxyl groups excluding tert-OH is 1. The molecule has 1 aliphatic rings. The van der Waals surface area contributed by atoms with E-state index in [2.05, 4.69) is 10.4 Å². The van der Waals surface area contributed by atoms with Crippen molar-refractivity contribution in [2.24, 2.45) is 12.5 Å². The molecule has 1 heterocycles. The van der Waals surface area contributed by atoms with E-state index in [1.807, 2.05) is 41.7 Å². The molecule has 2 N–H and O–H groups in total. The van der Waals surface area contributed by atoms with Gasteiger partial charge < -0.3 is 15.2 Å². The minimum Gasteiger partial charge on any atom is -0.394 e. The van der Waals surface area contributed by atoms with Gasteiger partial charge in [0.25, 0.3) is 0 Å². The van der Waals surface area contributed by atoms with Crippen LogP contribution < -0.4 is 5.32 Å². The van der Waals surface area contributed by atoms with Crippen molar-refractivity contribution >= 4 is 5.91 Å². The van der Waals surface area contributed by atoms with Crippen molar-refractivity contribution in [2.75, 3.05) is 13.2 Å². The average molecular weight is 323 g/mol. The number of nitrogens with one attached hydrogen (secondary N) is 1. The first-order chi connectivity index (χ1) is 10.7. The Kier molecular flexibility index (Phi) is 4.87. The number of hydrogen-bond acceptors (Lipinski definition) is 4. The summed E-state index contributed by atoms with van der Waals surface area (Å²) in [7, 11) is 1.88. The highest BCUT2D eigenvalue weighted by Gasteiger charge is 2.61. The summed E-state index contributed by atoms with van der Waals surface area (Å²) in [6, 6.07) is 0. The van der Waals surface area contributed by atoms with Crippen LogP contribution in [0.5, 0.6) is 0 Å². The van der Waals surface area contributed by atoms with Crippen LogP contribution in [-0.4, -0.2) is 45.7 Å². The van der Waals surface area contributed by atoms with E-state index in [0.29, 0.717) is 13.0 Å². The second-order valence-corrected chi connectivity index (χ2v) is 7.11. The van der Waals surface area contributed by atoms with E-state index >= 15 is 0 Å². The molecule has 0 aromatic carbocycles. The Bertz CT molecular complexity index is 594. The van der Waals surface area contributed by atoms with Crippen molar-refractivity contribution in [1.82, 2.24) is 15.1 Å². The third kappa shape index (κ3) is 2.90. The fourth-order valence-electron chi connectivity index (χ4n) is 3.55. The van der Waals surface area contributed by atoms with Crippen LogP contribution in [-0.2, 0) is 23.0 Å². The molecule has 0 unspecified atom stereocenters. The van der Waals surface area contributed by atoms with E-state index in [1.165, 1.54) is 0 Å². The molecule has 1 aromatic heterocycles. The molecule has 2 rings (SSSR count). The quantitative estimate of drug-likeness (QED) is 0.826. The molecule has 1 aromatic rings. The third-order valence-corrected chi connectivity index (χ3v) is 5.58. The van der Waals surface area contributed by atoms with Crippen LogP contribution in [0.1, 0.15) is 44.1 Å². The lowest BCUT2D eigenvalue weighted by atomic mass is 9.54. The Labute approximate surface area is 138 Å². The van der Waals surface area contributed by atoms with Gasteiger partial charge in [-0.25, -0.2) is 0 Å². The van der Waals surface area contributed by atoms with Gasteiger partial charge in [-0.05, 0) is 20.8 Å². The molecule has 0 spiro atoms. The maximum absolute atomic E-state index is 12.5. The van der Waals surface area contributed by atoms with E-state index in [4.69, 9.17) is 4.74 Å². The summed E-state index contributed by atoms with van der Waals surface area (Å²) in [6.07, 6.45) is 0.978. The van der Waals surface area contributed by atoms with Crippen LogP contribution in [0.25, 0.3) is 0 Å². The Hall–Kier alpha value is -1.40. The smallest absolute Gasteiger partial charge is 0.225 e. The largest absolute Gasteiger partial charge is 0.394 e. The molecule has 0 aliphatic heterocycles. The molecule has 0 bridgehead atoms. The highest BCUT2D eigenvalue weighted by Crippen LogP contribution is 2.51. The van der Waals surface area contributed by atoms with Crippen LogP contribution in [0.2, 0.25) is 0 Å². The maximum atomic E-state index is 12.5. The number of aromatic nitrogens is 2. The summed E-state index contributed by atoms with van der Waals surface area (Å²) in [5.41, 5.74) is 1.91. The second-order valence-electron chi connectivity index (χ2n) is 7.11. The van der Waals surface area contributed by atoms with Crippen molar-refractivity contribution in [3.05, 3.63) is 17.0 Å². The van der Waals surface area contributed by atoms with Gasteiger partial charge in [-0.15, -0.1) is 0 Å². The maximum Gasteiger partial charge on any atom is 0.225 e. The van der Waals surface area contributed by atoms with Crippen molar-refractivity contribution in [3.63, 3.8) is 0 Å². The van der Waals surface area contributed by atoms with Crippen LogP contribution in [0.15, 0.2) is 0 Å². The fourth-order valence-corrected chi connectivity index (χ4v) is 3.55. The number of nitrogens with zero attached hydrogens (tertiary/aromatic N) is 2. The van der Waals surface area contributed by atoms with E-state index < -0.39 is 5.54 Å². The van der Waals surface area contributed by atoms with Gasteiger partial charge in [0, 0.05) is 36.7 Å². The SMILES string of the molecule is CCO[C@@H]1C[C@](CO)(NC(=O)Cc2c(C)nn(C)c2C)C1(C)C. The van der Waals surface area contributed by atoms with E-state index in [9.17, 15) is 9.90 Å². The zero-order chi connectivity index (χ0) is 17.4. The van der Waals surface area contributed by atoms with Crippen LogP contribution >= 0.6 is 0 Å². The summed E-state index contributed by atoms with van der Waals surface area (Å²) < 4.78 is 7.51. The predicted molar refractivity (Wildman–Crippen MR) is 88.2 cm³/mol. The molecule has 1 fully saturated rings. The number of carbonyl (C=O) groups is 1. The molecule has 23 heavy (non-hydrogen) atoms. The highest BCUT2D eigenvalue weighted by molar-refractivity contribution is 5.80. The summed E-state index contributed by atoms with van der Waals surface area (Å²) in [5.74, 6) is -0.0822. The standard InChI is InChI=1S/C17H29N3O3/c1-7-23-14-9-17(10-21,16(14,4)5)18-15(22)8-13-11(2)19-20(6)12(13)3/h14,21H,7-10H2,1-6H3,(H,18,22)/t14-,17-/m1/s1. The van der Waals surface area contributed by atoms with Crippen molar-refractivity contribution in [1.29, 1.82) is 0 Å². The lowest BCUT2D eigenvalue weighted by molar-refractivity contribution is -0.180. The van der Waals surface area contributed by atoms with Gasteiger partial charge >= 0.3 is 0 Å². The number of carbonyl (C=O) groups excluding carboxylic acids is 1. The van der Waals surface area contributed by atoms with Gasteiger partial charge in [-0.3, -0.25) is 9.48 Å². The molecular formula is C17H29N3O3. The van der Waals surface area contributed by atoms with Gasteiger partial charge in [0.2, 0.25) is 5.91 Å². The molecule has 1 saturated carbocycles. The zero-order valence-electron chi connectivity index (χ0n) is 15.1. The van der Waals surface area contributed by atoms with Crippen molar-refractivity contribution in [3.8, 4) is 0 Å². The first kappa shape index (κ1) is 17.9. The summed E-state index contributed by atoms with van der Waals surface area (Å²) in [6.45, 7) is 10.5. The first-order valence-electron chi connectivity index (χ1n) is 8.21. The Balaban J connectivity index is 2.10. The predicted octanol–water partition coefficient (Wildman–Crippen LogP) is 1.26. The number of amides is 1. The molecule has 130 valence electrons. The molecule has 6 heteroatoms. The Morgan fingerprint density at radius 3 is 2.57 bits per heavy atom. The topological polar surface area (TPSA) is 76.4 Å². The van der Waals surface area contributed by atoms with Crippen molar-refractivity contribution < 1.29 is 14.6 Å². The molecule has 1 aliphatic carbocycles. The number of ether oxygens (including phenoxy) is 1. The average Bonchev–Trinajstić information content (AvgIpc) is 2.72. The second kappa shape index (κ2) is 6.24. The van der Waals surface area contributed by atoms with Crippen molar-refractivity contribution in [2.45, 2.75) is 59.1 Å². The molecular weight excluding hydrogens is 294 g/mol. The Morgan fingerprint density at radius 2 is 2.13 bits per heavy atom. The van der Waals surface area contributed by atoms with E-state index in [-0.39, 0.29) is 30.5 Å². The number of aliphatic hydroxyl groups is 1. The minimum atomic E-state index is -0.617. The number of rotatable bonds is 6. The third-order valence-electron chi connectivity index (χ3n) is 5.58. The van der Waals surface area contributed by atoms with Gasteiger partial charge in [0.05, 0.1) is 30.4 Å². The number of hydrogen-bond donors (Lipinski definition) is 2. The van der Waals surface area contributed by atoms with Gasteiger partial charge in [-0.1, -0.05) is 13.8 Å². The fraction of sp³-hybridized carbons (Fsp3) is 0.765. The normalized spacial score (nSPS) is 26.0. The molecule has 0 saturated heterocycles. The van der Waals surface area contributed by atoms with Crippen LogP contribution in [0.3, 0.4) is 0 Å². The van der Waals surface area contributed by atoms with Gasteiger partial charge in [0.15, 0.2) is 0 Å². The minimum absolute atomic E-state index is 0.0572.